The zero-order valence-electron chi connectivity index (χ0n) is 13.6. The third-order valence-corrected chi connectivity index (χ3v) is 6.09. The molecule has 0 saturated carbocycles. The van der Waals surface area contributed by atoms with E-state index >= 15 is 0 Å². The highest BCUT2D eigenvalue weighted by Crippen LogP contribution is 2.31. The second-order valence-electron chi connectivity index (χ2n) is 6.61. The Morgan fingerprint density at radius 3 is 2.50 bits per heavy atom. The third kappa shape index (κ3) is 3.74. The van der Waals surface area contributed by atoms with Crippen LogP contribution in [0.5, 0.6) is 0 Å². The molecular weight excluding hydrogens is 322 g/mol. The highest BCUT2D eigenvalue weighted by Gasteiger charge is 2.38. The molecule has 1 unspecified atom stereocenters. The van der Waals surface area contributed by atoms with Gasteiger partial charge in [0.05, 0.1) is 4.90 Å². The fraction of sp³-hybridized carbons (Fsp3) is 0.600. The van der Waals surface area contributed by atoms with Gasteiger partial charge in [0, 0.05) is 38.9 Å². The van der Waals surface area contributed by atoms with Crippen LogP contribution in [0.4, 0.5) is 5.69 Å². The molecule has 0 aliphatic carbocycles. The van der Waals surface area contributed by atoms with Crippen LogP contribution in [0.25, 0.3) is 0 Å². The molecule has 1 heterocycles. The van der Waals surface area contributed by atoms with E-state index in [1.165, 1.54) is 0 Å². The smallest absolute Gasteiger partial charge is 0.243 e. The van der Waals surface area contributed by atoms with Crippen LogP contribution in [0.3, 0.4) is 0 Å². The molecule has 1 atom stereocenters. The summed E-state index contributed by atoms with van der Waals surface area (Å²) in [4.78, 5) is 2.25. The van der Waals surface area contributed by atoms with Crippen LogP contribution in [0.2, 0.25) is 0 Å². The lowest BCUT2D eigenvalue weighted by molar-refractivity contribution is 0.155. The first kappa shape index (κ1) is 19.2. The van der Waals surface area contributed by atoms with Gasteiger partial charge in [-0.1, -0.05) is 19.9 Å². The first-order valence-electron chi connectivity index (χ1n) is 7.18. The molecule has 1 aliphatic heterocycles. The van der Waals surface area contributed by atoms with E-state index < -0.39 is 10.0 Å². The molecule has 0 amide bonds. The Labute approximate surface area is 139 Å². The maximum atomic E-state index is 12.8. The highest BCUT2D eigenvalue weighted by atomic mass is 35.5. The van der Waals surface area contributed by atoms with Crippen LogP contribution in [-0.2, 0) is 10.0 Å². The van der Waals surface area contributed by atoms with Gasteiger partial charge in [0.25, 0.3) is 0 Å². The van der Waals surface area contributed by atoms with E-state index in [2.05, 4.69) is 0 Å². The predicted octanol–water partition coefficient (Wildman–Crippen LogP) is 1.92. The van der Waals surface area contributed by atoms with Gasteiger partial charge >= 0.3 is 0 Å². The molecular formula is C15H26ClN3O2S. The largest absolute Gasteiger partial charge is 0.378 e. The summed E-state index contributed by atoms with van der Waals surface area (Å²) < 4.78 is 27.2. The van der Waals surface area contributed by atoms with E-state index in [9.17, 15) is 8.42 Å². The zero-order chi connectivity index (χ0) is 15.8. The number of halogens is 1. The lowest BCUT2D eigenvalue weighted by Crippen LogP contribution is -2.53. The topological polar surface area (TPSA) is 66.6 Å². The summed E-state index contributed by atoms with van der Waals surface area (Å²) in [7, 11) is 0.334. The lowest BCUT2D eigenvalue weighted by Gasteiger charge is -2.41. The second kappa shape index (κ2) is 6.74. The van der Waals surface area contributed by atoms with Crippen LogP contribution in [0, 0.1) is 5.41 Å². The fourth-order valence-corrected chi connectivity index (χ4v) is 4.27. The molecule has 7 heteroatoms. The van der Waals surface area contributed by atoms with E-state index in [0.29, 0.717) is 24.4 Å². The molecule has 2 rings (SSSR count). The average molecular weight is 348 g/mol. The van der Waals surface area contributed by atoms with E-state index in [1.54, 1.807) is 22.5 Å². The summed E-state index contributed by atoms with van der Waals surface area (Å²) in [5, 5.41) is 0. The molecule has 1 aromatic rings. The molecule has 1 saturated heterocycles. The molecule has 0 spiro atoms. The minimum atomic E-state index is -3.46. The van der Waals surface area contributed by atoms with E-state index in [-0.39, 0.29) is 23.9 Å². The Kier molecular flexibility index (Phi) is 5.89. The Balaban J connectivity index is 0.00000242. The van der Waals surface area contributed by atoms with Gasteiger partial charge in [-0.15, -0.1) is 12.4 Å². The number of hydrogen-bond donors (Lipinski definition) is 1. The van der Waals surface area contributed by atoms with Crippen LogP contribution in [0.15, 0.2) is 29.2 Å². The lowest BCUT2D eigenvalue weighted by atomic mass is 9.81. The Bertz CT molecular complexity index is 617. The molecule has 1 aromatic carbocycles. The van der Waals surface area contributed by atoms with Crippen molar-refractivity contribution < 1.29 is 8.42 Å². The van der Waals surface area contributed by atoms with Crippen molar-refractivity contribution in [2.24, 2.45) is 11.1 Å². The number of hydrogen-bond acceptors (Lipinski definition) is 4. The van der Waals surface area contributed by atoms with Crippen molar-refractivity contribution in [3.05, 3.63) is 24.3 Å². The van der Waals surface area contributed by atoms with Gasteiger partial charge in [-0.2, -0.15) is 4.31 Å². The molecule has 1 fully saturated rings. The third-order valence-electron chi connectivity index (χ3n) is 4.25. The normalized spacial score (nSPS) is 22.0. The van der Waals surface area contributed by atoms with Crippen molar-refractivity contribution in [2.75, 3.05) is 32.1 Å². The van der Waals surface area contributed by atoms with Crippen molar-refractivity contribution in [2.45, 2.75) is 31.2 Å². The van der Waals surface area contributed by atoms with Gasteiger partial charge in [0.1, 0.15) is 0 Å². The summed E-state index contributed by atoms with van der Waals surface area (Å²) in [5.41, 5.74) is 6.77. The van der Waals surface area contributed by atoms with Gasteiger partial charge in [-0.05, 0) is 30.0 Å². The van der Waals surface area contributed by atoms with E-state index in [0.717, 1.165) is 5.69 Å². The molecule has 1 aliphatic rings. The minimum absolute atomic E-state index is 0. The van der Waals surface area contributed by atoms with Crippen LogP contribution in [-0.4, -0.2) is 45.9 Å². The van der Waals surface area contributed by atoms with Crippen LogP contribution >= 0.6 is 12.4 Å². The van der Waals surface area contributed by atoms with Gasteiger partial charge in [0.15, 0.2) is 0 Å². The maximum absolute atomic E-state index is 12.8. The Morgan fingerprint density at radius 1 is 1.32 bits per heavy atom. The quantitative estimate of drug-likeness (QED) is 0.907. The van der Waals surface area contributed by atoms with Crippen molar-refractivity contribution >= 4 is 28.1 Å². The number of sulfonamides is 1. The molecule has 5 nitrogen and oxygen atoms in total. The van der Waals surface area contributed by atoms with Gasteiger partial charge in [-0.25, -0.2) is 8.42 Å². The summed E-state index contributed by atoms with van der Waals surface area (Å²) in [6, 6.07) is 7.09. The van der Waals surface area contributed by atoms with Crippen molar-refractivity contribution in [1.82, 2.24) is 4.31 Å². The van der Waals surface area contributed by atoms with Gasteiger partial charge in [-0.3, -0.25) is 0 Å². The molecule has 0 radical (unpaired) electrons. The van der Waals surface area contributed by atoms with E-state index in [4.69, 9.17) is 5.73 Å². The highest BCUT2D eigenvalue weighted by molar-refractivity contribution is 7.89. The first-order chi connectivity index (χ1) is 9.64. The fourth-order valence-electron chi connectivity index (χ4n) is 2.60. The standard InChI is InChI=1S/C15H25N3O2S.ClH/c1-15(2)11-18(9-8-14(15)16)21(19,20)13-7-5-6-12(10-13)17(3)4;/h5-7,10,14H,8-9,11,16H2,1-4H3;1H. The van der Waals surface area contributed by atoms with Crippen LogP contribution in [0.1, 0.15) is 20.3 Å². The number of rotatable bonds is 3. The monoisotopic (exact) mass is 347 g/mol. The number of nitrogens with two attached hydrogens (primary N) is 1. The maximum Gasteiger partial charge on any atom is 0.243 e. The number of benzene rings is 1. The summed E-state index contributed by atoms with van der Waals surface area (Å²) in [6.07, 6.45) is 0.694. The molecule has 2 N–H and O–H groups in total. The van der Waals surface area contributed by atoms with E-state index in [1.807, 2.05) is 38.9 Å². The summed E-state index contributed by atoms with van der Waals surface area (Å²) in [5.74, 6) is 0. The van der Waals surface area contributed by atoms with Gasteiger partial charge < -0.3 is 10.6 Å². The van der Waals surface area contributed by atoms with Gasteiger partial charge in [0.2, 0.25) is 10.0 Å². The van der Waals surface area contributed by atoms with Crippen molar-refractivity contribution in [3.63, 3.8) is 0 Å². The Morgan fingerprint density at radius 2 is 1.95 bits per heavy atom. The molecule has 0 bridgehead atoms. The van der Waals surface area contributed by atoms with Crippen LogP contribution < -0.4 is 10.6 Å². The number of anilines is 1. The molecule has 126 valence electrons. The predicted molar refractivity (Wildman–Crippen MR) is 93.1 cm³/mol. The first-order valence-corrected chi connectivity index (χ1v) is 8.62. The zero-order valence-corrected chi connectivity index (χ0v) is 15.2. The minimum Gasteiger partial charge on any atom is -0.378 e. The van der Waals surface area contributed by atoms with Crippen molar-refractivity contribution in [3.8, 4) is 0 Å². The second-order valence-corrected chi connectivity index (χ2v) is 8.55. The van der Waals surface area contributed by atoms with Crippen molar-refractivity contribution in [1.29, 1.82) is 0 Å². The SMILES string of the molecule is CN(C)c1cccc(S(=O)(=O)N2CCC(N)C(C)(C)C2)c1.Cl. The number of piperidine rings is 1. The summed E-state index contributed by atoms with van der Waals surface area (Å²) >= 11 is 0. The average Bonchev–Trinajstić information content (AvgIpc) is 2.41. The summed E-state index contributed by atoms with van der Waals surface area (Å²) in [6.45, 7) is 4.99. The molecule has 22 heavy (non-hydrogen) atoms. The Hall–Kier alpha value is -0.820. The molecule has 0 aromatic heterocycles. The number of nitrogens with zero attached hydrogens (tertiary/aromatic N) is 2.